The standard InChI is InChI=1S/C21H24BrN3O3/c22-18-6-4-5-17(13-18)14-23-20(26)15-28-16-21(27)25-11-9-24(10-12-25)19-7-2-1-3-8-19/h1-8,13H,9-12,14-16H2,(H,23,26). The topological polar surface area (TPSA) is 61.9 Å². The van der Waals surface area contributed by atoms with Gasteiger partial charge in [0.1, 0.15) is 13.2 Å². The second-order valence-corrected chi connectivity index (χ2v) is 7.52. The minimum Gasteiger partial charge on any atom is -0.368 e. The smallest absolute Gasteiger partial charge is 0.248 e. The minimum atomic E-state index is -0.235. The molecule has 6 nitrogen and oxygen atoms in total. The Hall–Kier alpha value is -2.38. The Morgan fingerprint density at radius 2 is 1.71 bits per heavy atom. The molecule has 0 radical (unpaired) electrons. The highest BCUT2D eigenvalue weighted by molar-refractivity contribution is 9.10. The zero-order valence-corrected chi connectivity index (χ0v) is 17.2. The molecule has 0 aliphatic carbocycles. The van der Waals surface area contributed by atoms with E-state index < -0.39 is 0 Å². The fourth-order valence-electron chi connectivity index (χ4n) is 3.07. The molecule has 0 saturated carbocycles. The van der Waals surface area contributed by atoms with Crippen molar-refractivity contribution >= 4 is 33.4 Å². The van der Waals surface area contributed by atoms with Gasteiger partial charge in [-0.15, -0.1) is 0 Å². The second-order valence-electron chi connectivity index (χ2n) is 6.60. The van der Waals surface area contributed by atoms with Crippen LogP contribution in [-0.4, -0.2) is 56.1 Å². The van der Waals surface area contributed by atoms with Crippen LogP contribution in [0.5, 0.6) is 0 Å². The summed E-state index contributed by atoms with van der Waals surface area (Å²) in [6, 6.07) is 17.9. The van der Waals surface area contributed by atoms with Gasteiger partial charge < -0.3 is 19.9 Å². The molecule has 1 N–H and O–H groups in total. The number of hydrogen-bond acceptors (Lipinski definition) is 4. The van der Waals surface area contributed by atoms with Crippen LogP contribution in [0.15, 0.2) is 59.1 Å². The van der Waals surface area contributed by atoms with Gasteiger partial charge in [0.05, 0.1) is 0 Å². The molecule has 2 aromatic rings. The number of piperazine rings is 1. The Morgan fingerprint density at radius 3 is 2.43 bits per heavy atom. The highest BCUT2D eigenvalue weighted by atomic mass is 79.9. The number of anilines is 1. The maximum atomic E-state index is 12.3. The van der Waals surface area contributed by atoms with Crippen molar-refractivity contribution in [2.45, 2.75) is 6.54 Å². The highest BCUT2D eigenvalue weighted by Crippen LogP contribution is 2.15. The molecule has 0 bridgehead atoms. The molecule has 1 fully saturated rings. The van der Waals surface area contributed by atoms with Gasteiger partial charge in [0, 0.05) is 42.9 Å². The van der Waals surface area contributed by atoms with Crippen molar-refractivity contribution in [1.82, 2.24) is 10.2 Å². The van der Waals surface area contributed by atoms with E-state index in [1.165, 1.54) is 5.69 Å². The molecule has 0 atom stereocenters. The molecule has 1 aliphatic heterocycles. The largest absolute Gasteiger partial charge is 0.368 e. The fraction of sp³-hybridized carbons (Fsp3) is 0.333. The van der Waals surface area contributed by atoms with Crippen molar-refractivity contribution < 1.29 is 14.3 Å². The van der Waals surface area contributed by atoms with Crippen molar-refractivity contribution in [1.29, 1.82) is 0 Å². The summed E-state index contributed by atoms with van der Waals surface area (Å²) in [5.41, 5.74) is 2.17. The zero-order chi connectivity index (χ0) is 19.8. The summed E-state index contributed by atoms with van der Waals surface area (Å²) >= 11 is 3.40. The van der Waals surface area contributed by atoms with E-state index in [4.69, 9.17) is 4.74 Å². The first-order valence-electron chi connectivity index (χ1n) is 9.28. The average molecular weight is 446 g/mol. The summed E-state index contributed by atoms with van der Waals surface area (Å²) in [4.78, 5) is 28.2. The normalized spacial score (nSPS) is 14.0. The average Bonchev–Trinajstić information content (AvgIpc) is 2.73. The molecule has 0 spiro atoms. The van der Waals surface area contributed by atoms with Gasteiger partial charge in [-0.05, 0) is 29.8 Å². The summed E-state index contributed by atoms with van der Waals surface area (Å²) in [5, 5.41) is 2.79. The van der Waals surface area contributed by atoms with Gasteiger partial charge in [-0.1, -0.05) is 46.3 Å². The van der Waals surface area contributed by atoms with Gasteiger partial charge in [-0.25, -0.2) is 0 Å². The Balaban J connectivity index is 1.33. The third-order valence-electron chi connectivity index (χ3n) is 4.59. The quantitative estimate of drug-likeness (QED) is 0.710. The van der Waals surface area contributed by atoms with Crippen molar-refractivity contribution in [3.8, 4) is 0 Å². The van der Waals surface area contributed by atoms with Gasteiger partial charge in [0.25, 0.3) is 0 Å². The third-order valence-corrected chi connectivity index (χ3v) is 5.08. The Kier molecular flexibility index (Phi) is 7.45. The SMILES string of the molecule is O=C(COCC(=O)N1CCN(c2ccccc2)CC1)NCc1cccc(Br)c1. The molecule has 7 heteroatoms. The first-order valence-corrected chi connectivity index (χ1v) is 10.1. The lowest BCUT2D eigenvalue weighted by atomic mass is 10.2. The summed E-state index contributed by atoms with van der Waals surface area (Å²) in [6.07, 6.45) is 0. The lowest BCUT2D eigenvalue weighted by Gasteiger charge is -2.36. The van der Waals surface area contributed by atoms with Gasteiger partial charge in [0.2, 0.25) is 11.8 Å². The van der Waals surface area contributed by atoms with Gasteiger partial charge in [0.15, 0.2) is 0 Å². The number of rotatable bonds is 7. The maximum absolute atomic E-state index is 12.3. The number of amides is 2. The van der Waals surface area contributed by atoms with E-state index in [1.807, 2.05) is 42.5 Å². The number of carbonyl (C=O) groups is 2. The Bertz CT molecular complexity index is 792. The highest BCUT2D eigenvalue weighted by Gasteiger charge is 2.21. The van der Waals surface area contributed by atoms with E-state index in [1.54, 1.807) is 4.90 Å². The van der Waals surface area contributed by atoms with Crippen LogP contribution in [0, 0.1) is 0 Å². The number of nitrogens with zero attached hydrogens (tertiary/aromatic N) is 2. The van der Waals surface area contributed by atoms with Crippen LogP contribution < -0.4 is 10.2 Å². The predicted octanol–water partition coefficient (Wildman–Crippen LogP) is 2.43. The Labute approximate surface area is 173 Å². The van der Waals surface area contributed by atoms with Crippen LogP contribution in [0.1, 0.15) is 5.56 Å². The number of hydrogen-bond donors (Lipinski definition) is 1. The molecule has 2 aromatic carbocycles. The lowest BCUT2D eigenvalue weighted by molar-refractivity contribution is -0.138. The number of benzene rings is 2. The van der Waals surface area contributed by atoms with E-state index >= 15 is 0 Å². The molecule has 1 saturated heterocycles. The zero-order valence-electron chi connectivity index (χ0n) is 15.6. The number of ether oxygens (including phenoxy) is 1. The van der Waals surface area contributed by atoms with E-state index in [-0.39, 0.29) is 25.0 Å². The second kappa shape index (κ2) is 10.2. The molecular weight excluding hydrogens is 422 g/mol. The molecule has 2 amide bonds. The first-order chi connectivity index (χ1) is 13.6. The van der Waals surface area contributed by atoms with Crippen LogP contribution in [0.25, 0.3) is 0 Å². The monoisotopic (exact) mass is 445 g/mol. The summed E-state index contributed by atoms with van der Waals surface area (Å²) in [6.45, 7) is 3.14. The van der Waals surface area contributed by atoms with E-state index in [0.29, 0.717) is 19.6 Å². The van der Waals surface area contributed by atoms with Crippen LogP contribution in [0.2, 0.25) is 0 Å². The van der Waals surface area contributed by atoms with Crippen molar-refractivity contribution in [2.75, 3.05) is 44.3 Å². The van der Waals surface area contributed by atoms with E-state index in [2.05, 4.69) is 38.3 Å². The molecule has 1 aliphatic rings. The van der Waals surface area contributed by atoms with Gasteiger partial charge in [-0.3, -0.25) is 9.59 Å². The van der Waals surface area contributed by atoms with Crippen LogP contribution >= 0.6 is 15.9 Å². The van der Waals surface area contributed by atoms with E-state index in [0.717, 1.165) is 23.1 Å². The number of carbonyl (C=O) groups excluding carboxylic acids is 2. The molecular formula is C21H24BrN3O3. The van der Waals surface area contributed by atoms with Crippen LogP contribution in [0.4, 0.5) is 5.69 Å². The summed E-state index contributed by atoms with van der Waals surface area (Å²) in [7, 11) is 0. The van der Waals surface area contributed by atoms with Crippen LogP contribution in [-0.2, 0) is 20.9 Å². The summed E-state index contributed by atoms with van der Waals surface area (Å²) in [5.74, 6) is -0.311. The van der Waals surface area contributed by atoms with Gasteiger partial charge >= 0.3 is 0 Å². The van der Waals surface area contributed by atoms with Gasteiger partial charge in [-0.2, -0.15) is 0 Å². The lowest BCUT2D eigenvalue weighted by Crippen LogP contribution is -2.50. The number of halogens is 1. The van der Waals surface area contributed by atoms with E-state index in [9.17, 15) is 9.59 Å². The van der Waals surface area contributed by atoms with Crippen molar-refractivity contribution in [2.24, 2.45) is 0 Å². The fourth-order valence-corrected chi connectivity index (χ4v) is 3.52. The Morgan fingerprint density at radius 1 is 0.964 bits per heavy atom. The first kappa shape index (κ1) is 20.4. The predicted molar refractivity (Wildman–Crippen MR) is 112 cm³/mol. The van der Waals surface area contributed by atoms with Crippen LogP contribution in [0.3, 0.4) is 0 Å². The molecule has 28 heavy (non-hydrogen) atoms. The molecule has 1 heterocycles. The number of nitrogens with one attached hydrogen (secondary N) is 1. The molecule has 0 unspecified atom stereocenters. The van der Waals surface area contributed by atoms with Crippen molar-refractivity contribution in [3.63, 3.8) is 0 Å². The van der Waals surface area contributed by atoms with Crippen molar-refractivity contribution in [3.05, 3.63) is 64.6 Å². The molecule has 3 rings (SSSR count). The maximum Gasteiger partial charge on any atom is 0.248 e. The minimum absolute atomic E-state index is 0.0738. The molecule has 0 aromatic heterocycles. The molecule has 148 valence electrons. The number of para-hydroxylation sites is 1. The summed E-state index contributed by atoms with van der Waals surface area (Å²) < 4.78 is 6.27. The third kappa shape index (κ3) is 6.07.